The Morgan fingerprint density at radius 2 is 1.89 bits per heavy atom. The first kappa shape index (κ1) is 24.7. The summed E-state index contributed by atoms with van der Waals surface area (Å²) in [6, 6.07) is 17.7. The Bertz CT molecular complexity index is 1280. The van der Waals surface area contributed by atoms with Crippen molar-refractivity contribution in [2.24, 2.45) is 0 Å². The molecule has 0 spiro atoms. The van der Waals surface area contributed by atoms with Gasteiger partial charge < -0.3 is 20.2 Å². The maximum Gasteiger partial charge on any atom is 0.320 e. The molecule has 0 aliphatic carbocycles. The molecule has 1 aromatic heterocycles. The fourth-order valence-corrected chi connectivity index (χ4v) is 5.12. The number of halogens is 1. The van der Waals surface area contributed by atoms with Crippen molar-refractivity contribution in [3.63, 3.8) is 0 Å². The quantitative estimate of drug-likeness (QED) is 0.440. The van der Waals surface area contributed by atoms with Crippen molar-refractivity contribution in [3.05, 3.63) is 83.3 Å². The van der Waals surface area contributed by atoms with Gasteiger partial charge in [0.1, 0.15) is 11.6 Å². The first-order valence-corrected chi connectivity index (χ1v) is 12.8. The van der Waals surface area contributed by atoms with Crippen LogP contribution in [0.5, 0.6) is 0 Å². The zero-order chi connectivity index (χ0) is 25.8. The Kier molecular flexibility index (Phi) is 7.35. The second-order valence-corrected chi connectivity index (χ2v) is 9.66. The van der Waals surface area contributed by atoms with E-state index in [0.29, 0.717) is 30.8 Å². The molecule has 2 aliphatic rings. The number of amides is 2. The number of carboxylic acids is 1. The molecule has 1 saturated heterocycles. The molecule has 2 aliphatic heterocycles. The second-order valence-electron chi connectivity index (χ2n) is 9.66. The Hall–Kier alpha value is -3.94. The van der Waals surface area contributed by atoms with Gasteiger partial charge in [0, 0.05) is 44.0 Å². The van der Waals surface area contributed by atoms with Gasteiger partial charge in [0.15, 0.2) is 0 Å². The predicted molar refractivity (Wildman–Crippen MR) is 140 cm³/mol. The van der Waals surface area contributed by atoms with Crippen LogP contribution in [0.25, 0.3) is 11.1 Å². The third-order valence-corrected chi connectivity index (χ3v) is 7.18. The number of pyridine rings is 1. The number of carbonyl (C=O) groups is 2. The van der Waals surface area contributed by atoms with Crippen molar-refractivity contribution in [2.45, 2.75) is 31.6 Å². The number of carboxylic acid groups (broad SMARTS) is 1. The first-order valence-electron chi connectivity index (χ1n) is 12.8. The molecule has 2 amide bonds. The summed E-state index contributed by atoms with van der Waals surface area (Å²) in [5.74, 6) is -1.59. The summed E-state index contributed by atoms with van der Waals surface area (Å²) in [5, 5.41) is 13.2. The van der Waals surface area contributed by atoms with Crippen LogP contribution < -0.4 is 5.32 Å². The number of fused-ring (bicyclic) bond motifs is 1. The van der Waals surface area contributed by atoms with E-state index in [-0.39, 0.29) is 12.6 Å². The number of aromatic nitrogens is 1. The molecule has 1 fully saturated rings. The number of urea groups is 1. The van der Waals surface area contributed by atoms with Gasteiger partial charge in [-0.05, 0) is 54.5 Å². The second kappa shape index (κ2) is 11.0. The van der Waals surface area contributed by atoms with Gasteiger partial charge in [-0.15, -0.1) is 0 Å². The monoisotopic (exact) mass is 502 g/mol. The van der Waals surface area contributed by atoms with E-state index in [1.165, 1.54) is 11.6 Å². The van der Waals surface area contributed by atoms with Gasteiger partial charge in [0.25, 0.3) is 0 Å². The van der Waals surface area contributed by atoms with Crippen molar-refractivity contribution < 1.29 is 19.1 Å². The number of hydrogen-bond acceptors (Lipinski definition) is 4. The smallest absolute Gasteiger partial charge is 0.320 e. The normalized spacial score (nSPS) is 15.9. The van der Waals surface area contributed by atoms with Crippen molar-refractivity contribution >= 4 is 17.8 Å². The summed E-state index contributed by atoms with van der Waals surface area (Å²) in [6.07, 6.45) is 3.72. The number of nitrogens with zero attached hydrogens (tertiary/aromatic N) is 3. The lowest BCUT2D eigenvalue weighted by Crippen LogP contribution is -2.36. The van der Waals surface area contributed by atoms with Crippen LogP contribution >= 0.6 is 0 Å². The topological polar surface area (TPSA) is 85.8 Å². The van der Waals surface area contributed by atoms with E-state index in [1.807, 2.05) is 30.3 Å². The number of hydrogen-bond donors (Lipinski definition) is 2. The zero-order valence-corrected chi connectivity index (χ0v) is 20.7. The summed E-state index contributed by atoms with van der Waals surface area (Å²) in [4.78, 5) is 33.1. The number of aryl methyl sites for hydroxylation is 2. The van der Waals surface area contributed by atoms with Gasteiger partial charge in [-0.25, -0.2) is 14.2 Å². The molecule has 8 heteroatoms. The Labute approximate surface area is 215 Å². The lowest BCUT2D eigenvalue weighted by atomic mass is 9.95. The summed E-state index contributed by atoms with van der Waals surface area (Å²) >= 11 is 0. The van der Waals surface area contributed by atoms with E-state index in [2.05, 4.69) is 17.4 Å². The van der Waals surface area contributed by atoms with E-state index in [0.717, 1.165) is 49.3 Å². The lowest BCUT2D eigenvalue weighted by Gasteiger charge is -2.22. The summed E-state index contributed by atoms with van der Waals surface area (Å²) in [7, 11) is 0. The SMILES string of the molecule is O=C(O)[C@@H](CN1CCN(CCCc2ccc3c(n2)NCCC3)C1=O)c1ccc(-c2ccccc2)c(F)c1. The molecular weight excluding hydrogens is 471 g/mol. The third-order valence-electron chi connectivity index (χ3n) is 7.18. The summed E-state index contributed by atoms with van der Waals surface area (Å²) in [6.45, 7) is 2.54. The van der Waals surface area contributed by atoms with Crippen molar-refractivity contribution in [3.8, 4) is 11.1 Å². The van der Waals surface area contributed by atoms with Crippen LogP contribution in [0, 0.1) is 5.82 Å². The minimum Gasteiger partial charge on any atom is -0.481 e. The number of anilines is 1. The number of rotatable bonds is 9. The highest BCUT2D eigenvalue weighted by atomic mass is 19.1. The maximum atomic E-state index is 14.9. The molecular formula is C29H31FN4O3. The van der Waals surface area contributed by atoms with Crippen LogP contribution in [0.4, 0.5) is 15.0 Å². The van der Waals surface area contributed by atoms with Gasteiger partial charge in [0.2, 0.25) is 0 Å². The fraction of sp³-hybridized carbons (Fsp3) is 0.345. The van der Waals surface area contributed by atoms with Gasteiger partial charge in [0.05, 0.1) is 5.92 Å². The highest BCUT2D eigenvalue weighted by molar-refractivity contribution is 5.80. The third kappa shape index (κ3) is 5.58. The number of benzene rings is 2. The molecule has 0 radical (unpaired) electrons. The van der Waals surface area contributed by atoms with E-state index in [4.69, 9.17) is 4.98 Å². The van der Waals surface area contributed by atoms with Crippen LogP contribution in [0.1, 0.15) is 35.6 Å². The van der Waals surface area contributed by atoms with E-state index in [9.17, 15) is 19.1 Å². The minimum atomic E-state index is -1.08. The molecule has 2 N–H and O–H groups in total. The van der Waals surface area contributed by atoms with Crippen LogP contribution in [0.2, 0.25) is 0 Å². The van der Waals surface area contributed by atoms with Crippen LogP contribution in [0.15, 0.2) is 60.7 Å². The highest BCUT2D eigenvalue weighted by Crippen LogP contribution is 2.28. The Balaban J connectivity index is 1.18. The zero-order valence-electron chi connectivity index (χ0n) is 20.7. The maximum absolute atomic E-state index is 14.9. The number of nitrogens with one attached hydrogen (secondary N) is 1. The number of aliphatic carboxylic acids is 1. The van der Waals surface area contributed by atoms with Crippen LogP contribution in [-0.2, 0) is 17.6 Å². The van der Waals surface area contributed by atoms with Gasteiger partial charge in [-0.1, -0.05) is 48.5 Å². The predicted octanol–water partition coefficient (Wildman–Crippen LogP) is 4.78. The molecule has 192 valence electrons. The minimum absolute atomic E-state index is 0.00678. The van der Waals surface area contributed by atoms with Gasteiger partial charge >= 0.3 is 12.0 Å². The molecule has 5 rings (SSSR count). The molecule has 1 atom stereocenters. The Morgan fingerprint density at radius 1 is 1.08 bits per heavy atom. The van der Waals surface area contributed by atoms with Crippen LogP contribution in [0.3, 0.4) is 0 Å². The van der Waals surface area contributed by atoms with Gasteiger partial charge in [-0.2, -0.15) is 0 Å². The molecule has 7 nitrogen and oxygen atoms in total. The van der Waals surface area contributed by atoms with Crippen LogP contribution in [-0.4, -0.2) is 64.6 Å². The average Bonchev–Trinajstić information content (AvgIpc) is 3.26. The molecule has 0 bridgehead atoms. The van der Waals surface area contributed by atoms with E-state index >= 15 is 0 Å². The average molecular weight is 503 g/mol. The highest BCUT2D eigenvalue weighted by Gasteiger charge is 2.33. The molecule has 0 saturated carbocycles. The molecule has 2 aromatic carbocycles. The van der Waals surface area contributed by atoms with Crippen molar-refractivity contribution in [1.29, 1.82) is 0 Å². The van der Waals surface area contributed by atoms with Crippen molar-refractivity contribution in [2.75, 3.05) is 38.0 Å². The largest absolute Gasteiger partial charge is 0.481 e. The van der Waals surface area contributed by atoms with Gasteiger partial charge in [-0.3, -0.25) is 4.79 Å². The van der Waals surface area contributed by atoms with Crippen molar-refractivity contribution in [1.82, 2.24) is 14.8 Å². The number of carbonyl (C=O) groups excluding carboxylic acids is 1. The molecule has 0 unspecified atom stereocenters. The summed E-state index contributed by atoms with van der Waals surface area (Å²) < 4.78 is 14.9. The Morgan fingerprint density at radius 3 is 2.68 bits per heavy atom. The fourth-order valence-electron chi connectivity index (χ4n) is 5.12. The van der Waals surface area contributed by atoms with E-state index in [1.54, 1.807) is 21.9 Å². The molecule has 37 heavy (non-hydrogen) atoms. The lowest BCUT2D eigenvalue weighted by molar-refractivity contribution is -0.139. The van der Waals surface area contributed by atoms with E-state index < -0.39 is 17.7 Å². The summed E-state index contributed by atoms with van der Waals surface area (Å²) in [5.41, 5.74) is 3.75. The standard InChI is InChI=1S/C29H31FN4O3/c30-26-18-22(11-13-24(26)20-6-2-1-3-7-20)25(28(35)36)19-34-17-16-33(29(34)37)15-5-9-23-12-10-21-8-4-14-31-27(21)32-23/h1-3,6-7,10-13,18,25H,4-5,8-9,14-17,19H2,(H,31,32)(H,35,36)/t25-/m0/s1. The first-order chi connectivity index (χ1) is 18.0. The molecule has 3 aromatic rings. The molecule has 3 heterocycles.